The second-order valence-corrected chi connectivity index (χ2v) is 6.26. The summed E-state index contributed by atoms with van der Waals surface area (Å²) in [5.74, 6) is 1.21. The first kappa shape index (κ1) is 17.6. The Morgan fingerprint density at radius 1 is 1.28 bits per heavy atom. The van der Waals surface area contributed by atoms with Crippen molar-refractivity contribution >= 4 is 16.8 Å². The van der Waals surface area contributed by atoms with Gasteiger partial charge in [-0.3, -0.25) is 9.69 Å². The van der Waals surface area contributed by atoms with E-state index in [9.17, 15) is 4.79 Å². The number of nitrogens with one attached hydrogen (secondary N) is 2. The van der Waals surface area contributed by atoms with Crippen molar-refractivity contribution in [1.29, 1.82) is 0 Å². The summed E-state index contributed by atoms with van der Waals surface area (Å²) in [4.78, 5) is 18.0. The van der Waals surface area contributed by atoms with Gasteiger partial charge in [-0.1, -0.05) is 0 Å². The van der Waals surface area contributed by atoms with Crippen LogP contribution in [-0.2, 0) is 4.74 Å². The third-order valence-corrected chi connectivity index (χ3v) is 4.38. The standard InChI is InChI=1S/C18H25N3O4/c1-12(11-21-4-6-25-7-5-21)19-18(22)15-9-13-8-14(23-2)10-16(24-3)17(13)20-15/h8-10,12,20H,4-7,11H2,1-3H3,(H,19,22)/t12-/m0/s1. The van der Waals surface area contributed by atoms with Crippen molar-refractivity contribution in [2.75, 3.05) is 47.1 Å². The fourth-order valence-corrected chi connectivity index (χ4v) is 3.10. The smallest absolute Gasteiger partial charge is 0.267 e. The Labute approximate surface area is 147 Å². The topological polar surface area (TPSA) is 75.8 Å². The predicted molar refractivity (Wildman–Crippen MR) is 95.6 cm³/mol. The van der Waals surface area contributed by atoms with Gasteiger partial charge in [0.2, 0.25) is 0 Å². The van der Waals surface area contributed by atoms with Crippen LogP contribution < -0.4 is 14.8 Å². The number of nitrogens with zero attached hydrogens (tertiary/aromatic N) is 1. The number of hydrogen-bond acceptors (Lipinski definition) is 5. The lowest BCUT2D eigenvalue weighted by Crippen LogP contribution is -2.46. The Bertz CT molecular complexity index is 737. The number of ether oxygens (including phenoxy) is 3. The van der Waals surface area contributed by atoms with Gasteiger partial charge >= 0.3 is 0 Å². The molecule has 0 aliphatic carbocycles. The van der Waals surface area contributed by atoms with Crippen LogP contribution in [0.2, 0.25) is 0 Å². The van der Waals surface area contributed by atoms with Gasteiger partial charge in [0, 0.05) is 37.1 Å². The van der Waals surface area contributed by atoms with Crippen molar-refractivity contribution < 1.29 is 19.0 Å². The quantitative estimate of drug-likeness (QED) is 0.831. The molecular formula is C18H25N3O4. The van der Waals surface area contributed by atoms with Crippen LogP contribution in [0.1, 0.15) is 17.4 Å². The first-order valence-corrected chi connectivity index (χ1v) is 8.46. The minimum atomic E-state index is -0.127. The summed E-state index contributed by atoms with van der Waals surface area (Å²) in [5, 5.41) is 3.92. The highest BCUT2D eigenvalue weighted by atomic mass is 16.5. The monoisotopic (exact) mass is 347 g/mol. The minimum Gasteiger partial charge on any atom is -0.497 e. The van der Waals surface area contributed by atoms with Gasteiger partial charge in [-0.15, -0.1) is 0 Å². The van der Waals surface area contributed by atoms with E-state index < -0.39 is 0 Å². The van der Waals surface area contributed by atoms with E-state index >= 15 is 0 Å². The number of benzene rings is 1. The van der Waals surface area contributed by atoms with Crippen LogP contribution in [0.25, 0.3) is 10.9 Å². The van der Waals surface area contributed by atoms with Gasteiger partial charge in [0.1, 0.15) is 17.2 Å². The summed E-state index contributed by atoms with van der Waals surface area (Å²) in [6.07, 6.45) is 0. The lowest BCUT2D eigenvalue weighted by molar-refractivity contribution is 0.0342. The largest absolute Gasteiger partial charge is 0.497 e. The molecule has 136 valence electrons. The molecule has 1 saturated heterocycles. The van der Waals surface area contributed by atoms with Crippen LogP contribution >= 0.6 is 0 Å². The Kier molecular flexibility index (Phi) is 5.45. The molecule has 7 heteroatoms. The minimum absolute atomic E-state index is 0.0495. The number of H-pyrrole nitrogens is 1. The van der Waals surface area contributed by atoms with E-state index in [-0.39, 0.29) is 11.9 Å². The van der Waals surface area contributed by atoms with Gasteiger partial charge < -0.3 is 24.5 Å². The molecule has 1 amide bonds. The van der Waals surface area contributed by atoms with Crippen molar-refractivity contribution in [2.45, 2.75) is 13.0 Å². The molecule has 1 aliphatic rings. The number of morpholine rings is 1. The maximum Gasteiger partial charge on any atom is 0.267 e. The van der Waals surface area contributed by atoms with Crippen molar-refractivity contribution in [3.05, 3.63) is 23.9 Å². The average molecular weight is 347 g/mol. The zero-order chi connectivity index (χ0) is 17.8. The lowest BCUT2D eigenvalue weighted by atomic mass is 10.2. The molecule has 1 aromatic heterocycles. The van der Waals surface area contributed by atoms with Gasteiger partial charge in [-0.25, -0.2) is 0 Å². The molecule has 1 atom stereocenters. The van der Waals surface area contributed by atoms with Gasteiger partial charge in [0.05, 0.1) is 33.0 Å². The van der Waals surface area contributed by atoms with Crippen LogP contribution in [0.5, 0.6) is 11.5 Å². The molecule has 0 radical (unpaired) electrons. The van der Waals surface area contributed by atoms with Crippen LogP contribution in [0, 0.1) is 0 Å². The van der Waals surface area contributed by atoms with Crippen molar-refractivity contribution in [2.24, 2.45) is 0 Å². The third kappa shape index (κ3) is 4.05. The second-order valence-electron chi connectivity index (χ2n) is 6.26. The van der Waals surface area contributed by atoms with E-state index in [1.165, 1.54) is 0 Å². The van der Waals surface area contributed by atoms with E-state index in [2.05, 4.69) is 15.2 Å². The van der Waals surface area contributed by atoms with Gasteiger partial charge in [0.15, 0.2) is 0 Å². The zero-order valence-electron chi connectivity index (χ0n) is 14.9. The van der Waals surface area contributed by atoms with Crippen molar-refractivity contribution in [3.63, 3.8) is 0 Å². The number of aromatic amines is 1. The Morgan fingerprint density at radius 3 is 2.72 bits per heavy atom. The average Bonchev–Trinajstić information content (AvgIpc) is 3.05. The van der Waals surface area contributed by atoms with E-state index in [1.54, 1.807) is 20.3 Å². The number of carbonyl (C=O) groups excluding carboxylic acids is 1. The first-order valence-electron chi connectivity index (χ1n) is 8.46. The lowest BCUT2D eigenvalue weighted by Gasteiger charge is -2.29. The molecule has 2 N–H and O–H groups in total. The van der Waals surface area contributed by atoms with E-state index in [4.69, 9.17) is 14.2 Å². The molecule has 1 aliphatic heterocycles. The predicted octanol–water partition coefficient (Wildman–Crippen LogP) is 1.64. The van der Waals surface area contributed by atoms with Crippen LogP contribution in [0.4, 0.5) is 0 Å². The fraction of sp³-hybridized carbons (Fsp3) is 0.500. The SMILES string of the molecule is COc1cc(OC)c2[nH]c(C(=O)N[C@@H](C)CN3CCOCC3)cc2c1. The zero-order valence-corrected chi connectivity index (χ0v) is 14.9. The van der Waals surface area contributed by atoms with Gasteiger partial charge in [-0.2, -0.15) is 0 Å². The highest BCUT2D eigenvalue weighted by molar-refractivity contribution is 6.00. The Hall–Kier alpha value is -2.25. The maximum absolute atomic E-state index is 12.6. The van der Waals surface area contributed by atoms with Gasteiger partial charge in [0.25, 0.3) is 5.91 Å². The molecular weight excluding hydrogens is 322 g/mol. The Balaban J connectivity index is 1.71. The number of amides is 1. The molecule has 0 saturated carbocycles. The summed E-state index contributed by atoms with van der Waals surface area (Å²) in [7, 11) is 3.20. The van der Waals surface area contributed by atoms with Crippen LogP contribution in [0.3, 0.4) is 0 Å². The van der Waals surface area contributed by atoms with E-state index in [0.29, 0.717) is 17.2 Å². The summed E-state index contributed by atoms with van der Waals surface area (Å²) < 4.78 is 16.0. The summed E-state index contributed by atoms with van der Waals surface area (Å²) >= 11 is 0. The highest BCUT2D eigenvalue weighted by Gasteiger charge is 2.18. The number of carbonyl (C=O) groups is 1. The molecule has 25 heavy (non-hydrogen) atoms. The molecule has 1 aromatic carbocycles. The highest BCUT2D eigenvalue weighted by Crippen LogP contribution is 2.31. The maximum atomic E-state index is 12.6. The van der Waals surface area contributed by atoms with Crippen LogP contribution in [-0.4, -0.2) is 68.9 Å². The third-order valence-electron chi connectivity index (χ3n) is 4.38. The summed E-state index contributed by atoms with van der Waals surface area (Å²) in [5.41, 5.74) is 1.30. The van der Waals surface area contributed by atoms with Crippen molar-refractivity contribution in [3.8, 4) is 11.5 Å². The molecule has 1 fully saturated rings. The molecule has 7 nitrogen and oxygen atoms in total. The molecule has 0 spiro atoms. The Morgan fingerprint density at radius 2 is 2.04 bits per heavy atom. The number of rotatable bonds is 6. The van der Waals surface area contributed by atoms with E-state index in [0.717, 1.165) is 43.8 Å². The second kappa shape index (κ2) is 7.76. The van der Waals surface area contributed by atoms with Crippen molar-refractivity contribution in [1.82, 2.24) is 15.2 Å². The molecule has 3 rings (SSSR count). The first-order chi connectivity index (χ1) is 12.1. The van der Waals surface area contributed by atoms with Gasteiger partial charge in [-0.05, 0) is 19.1 Å². The number of fused-ring (bicyclic) bond motifs is 1. The normalized spacial score (nSPS) is 16.6. The van der Waals surface area contributed by atoms with Crippen LogP contribution in [0.15, 0.2) is 18.2 Å². The molecule has 0 unspecified atom stereocenters. The number of hydrogen-bond donors (Lipinski definition) is 2. The number of methoxy groups -OCH3 is 2. The number of aromatic nitrogens is 1. The van der Waals surface area contributed by atoms with E-state index in [1.807, 2.05) is 19.1 Å². The molecule has 0 bridgehead atoms. The summed E-state index contributed by atoms with van der Waals surface area (Å²) in [6, 6.07) is 5.54. The summed E-state index contributed by atoms with van der Waals surface area (Å²) in [6.45, 7) is 6.15. The molecule has 2 heterocycles. The molecule has 2 aromatic rings. The fourth-order valence-electron chi connectivity index (χ4n) is 3.10.